The fourth-order valence-electron chi connectivity index (χ4n) is 7.39. The Hall–Kier alpha value is -3.41. The Morgan fingerprint density at radius 3 is 0.954 bits per heavy atom. The summed E-state index contributed by atoms with van der Waals surface area (Å²) in [6, 6.07) is 0. The van der Waals surface area contributed by atoms with Crippen molar-refractivity contribution in [1.82, 2.24) is 0 Å². The van der Waals surface area contributed by atoms with Gasteiger partial charge in [0.15, 0.2) is 6.10 Å². The van der Waals surface area contributed by atoms with Gasteiger partial charge in [0.2, 0.25) is 0 Å². The second-order valence-electron chi connectivity index (χ2n) is 17.7. The number of carbonyl (C=O) groups is 3. The normalized spacial score (nSPS) is 12.7. The third-order valence-electron chi connectivity index (χ3n) is 11.4. The first-order valence-corrected chi connectivity index (χ1v) is 27.1. The van der Waals surface area contributed by atoms with E-state index < -0.39 is 6.10 Å². The van der Waals surface area contributed by atoms with Crippen LogP contribution < -0.4 is 0 Å². The van der Waals surface area contributed by atoms with Crippen LogP contribution in [0.3, 0.4) is 0 Å². The Morgan fingerprint density at radius 1 is 0.323 bits per heavy atom. The zero-order valence-corrected chi connectivity index (χ0v) is 42.5. The van der Waals surface area contributed by atoms with Crippen LogP contribution in [0.15, 0.2) is 85.1 Å². The highest BCUT2D eigenvalue weighted by molar-refractivity contribution is 5.71. The Balaban J connectivity index is 4.45. The van der Waals surface area contributed by atoms with Crippen LogP contribution in [-0.2, 0) is 28.6 Å². The molecule has 0 radical (unpaired) electrons. The maximum absolute atomic E-state index is 12.8. The van der Waals surface area contributed by atoms with Crippen LogP contribution in [0.5, 0.6) is 0 Å². The van der Waals surface area contributed by atoms with Gasteiger partial charge in [-0.05, 0) is 89.9 Å². The van der Waals surface area contributed by atoms with E-state index in [2.05, 4.69) is 106 Å². The Labute approximate surface area is 401 Å². The van der Waals surface area contributed by atoms with Gasteiger partial charge in [0.05, 0.1) is 0 Å². The SMILES string of the molecule is CC/C=C\C/C=C\C/C=C\C/C=C\CCCCCC(=O)OCC(COC(=O)CCCCCCCCCCCCCCCCC)OC(=O)CCCCCCCC/C=C\C/C=C\C/C=C\CC. The van der Waals surface area contributed by atoms with E-state index in [1.54, 1.807) is 0 Å². The average molecular weight is 905 g/mol. The maximum Gasteiger partial charge on any atom is 0.306 e. The highest BCUT2D eigenvalue weighted by Crippen LogP contribution is 2.15. The number of unbranched alkanes of at least 4 members (excludes halogenated alkanes) is 23. The third kappa shape index (κ3) is 51.4. The Bertz CT molecular complexity index is 1270. The van der Waals surface area contributed by atoms with Gasteiger partial charge in [0.1, 0.15) is 13.2 Å². The molecule has 0 spiro atoms. The van der Waals surface area contributed by atoms with Gasteiger partial charge in [-0.1, -0.05) is 228 Å². The van der Waals surface area contributed by atoms with Gasteiger partial charge >= 0.3 is 17.9 Å². The minimum atomic E-state index is -0.795. The molecule has 0 bridgehead atoms. The summed E-state index contributed by atoms with van der Waals surface area (Å²) >= 11 is 0. The standard InChI is InChI=1S/C59H100O6/c1-4-7-10-13-16-19-22-25-28-31-34-37-40-43-46-49-52-58(61)64-55-56(54-63-57(60)51-48-45-42-39-36-33-30-27-24-21-18-15-12-9-6-3)65-59(62)53-50-47-44-41-38-35-32-29-26-23-20-17-14-11-8-5-2/h7-8,10-11,16-17,19-20,25-26,28-29,34,37,56H,4-6,9,12-15,18,21-24,27,30-33,35-36,38-55H2,1-3H3/b10-7-,11-8-,19-16-,20-17-,28-25-,29-26-,37-34-. The summed E-state index contributed by atoms with van der Waals surface area (Å²) in [7, 11) is 0. The lowest BCUT2D eigenvalue weighted by Crippen LogP contribution is -2.30. The molecular formula is C59H100O6. The molecule has 0 aliphatic rings. The lowest BCUT2D eigenvalue weighted by Gasteiger charge is -2.18. The predicted octanol–water partition coefficient (Wildman–Crippen LogP) is 18.0. The van der Waals surface area contributed by atoms with Crippen molar-refractivity contribution < 1.29 is 28.6 Å². The number of hydrogen-bond donors (Lipinski definition) is 0. The van der Waals surface area contributed by atoms with Gasteiger partial charge in [-0.15, -0.1) is 0 Å². The first-order chi connectivity index (χ1) is 32.0. The molecule has 0 saturated heterocycles. The number of esters is 3. The summed E-state index contributed by atoms with van der Waals surface area (Å²) < 4.78 is 16.8. The van der Waals surface area contributed by atoms with E-state index in [0.29, 0.717) is 19.3 Å². The molecule has 0 aliphatic heterocycles. The number of rotatable bonds is 48. The fourth-order valence-corrected chi connectivity index (χ4v) is 7.39. The van der Waals surface area contributed by atoms with Crippen LogP contribution in [0.25, 0.3) is 0 Å². The van der Waals surface area contributed by atoms with E-state index in [-0.39, 0.29) is 31.1 Å². The van der Waals surface area contributed by atoms with E-state index in [0.717, 1.165) is 122 Å². The summed E-state index contributed by atoms with van der Waals surface area (Å²) in [6.45, 7) is 6.39. The minimum Gasteiger partial charge on any atom is -0.462 e. The van der Waals surface area contributed by atoms with Gasteiger partial charge in [0.25, 0.3) is 0 Å². The van der Waals surface area contributed by atoms with E-state index in [1.165, 1.54) is 89.9 Å². The molecule has 1 atom stereocenters. The van der Waals surface area contributed by atoms with Crippen LogP contribution >= 0.6 is 0 Å². The van der Waals surface area contributed by atoms with E-state index >= 15 is 0 Å². The lowest BCUT2D eigenvalue weighted by molar-refractivity contribution is -0.167. The quantitative estimate of drug-likeness (QED) is 0.0262. The highest BCUT2D eigenvalue weighted by atomic mass is 16.6. The van der Waals surface area contributed by atoms with E-state index in [9.17, 15) is 14.4 Å². The molecule has 0 aromatic heterocycles. The second kappa shape index (κ2) is 53.2. The molecule has 0 fully saturated rings. The van der Waals surface area contributed by atoms with Gasteiger partial charge < -0.3 is 14.2 Å². The molecule has 6 nitrogen and oxygen atoms in total. The summed E-state index contributed by atoms with van der Waals surface area (Å²) in [6.07, 6.45) is 68.5. The Morgan fingerprint density at radius 2 is 0.600 bits per heavy atom. The monoisotopic (exact) mass is 905 g/mol. The van der Waals surface area contributed by atoms with Crippen molar-refractivity contribution in [3.8, 4) is 0 Å². The van der Waals surface area contributed by atoms with Crippen molar-refractivity contribution in [2.75, 3.05) is 13.2 Å². The average Bonchev–Trinajstić information content (AvgIpc) is 3.30. The molecule has 6 heteroatoms. The van der Waals surface area contributed by atoms with Crippen molar-refractivity contribution in [3.63, 3.8) is 0 Å². The first kappa shape index (κ1) is 61.6. The molecule has 0 rings (SSSR count). The molecule has 0 aromatic rings. The van der Waals surface area contributed by atoms with Crippen molar-refractivity contribution in [1.29, 1.82) is 0 Å². The maximum atomic E-state index is 12.8. The van der Waals surface area contributed by atoms with Crippen LogP contribution in [0.4, 0.5) is 0 Å². The highest BCUT2D eigenvalue weighted by Gasteiger charge is 2.19. The minimum absolute atomic E-state index is 0.0908. The van der Waals surface area contributed by atoms with Crippen LogP contribution in [0.1, 0.15) is 252 Å². The fraction of sp³-hybridized carbons (Fsp3) is 0.712. The smallest absolute Gasteiger partial charge is 0.306 e. The molecule has 0 amide bonds. The molecule has 372 valence electrons. The lowest BCUT2D eigenvalue weighted by atomic mass is 10.0. The van der Waals surface area contributed by atoms with Crippen LogP contribution in [-0.4, -0.2) is 37.2 Å². The number of ether oxygens (including phenoxy) is 3. The van der Waals surface area contributed by atoms with Crippen LogP contribution in [0, 0.1) is 0 Å². The second-order valence-corrected chi connectivity index (χ2v) is 17.7. The molecule has 0 heterocycles. The van der Waals surface area contributed by atoms with Crippen molar-refractivity contribution >= 4 is 17.9 Å². The molecule has 0 aromatic carbocycles. The van der Waals surface area contributed by atoms with Gasteiger partial charge in [0, 0.05) is 19.3 Å². The molecule has 0 aliphatic carbocycles. The Kier molecular flexibility index (Phi) is 50.4. The molecule has 0 N–H and O–H groups in total. The largest absolute Gasteiger partial charge is 0.462 e. The molecule has 65 heavy (non-hydrogen) atoms. The summed E-state index contributed by atoms with van der Waals surface area (Å²) in [5.41, 5.74) is 0. The zero-order valence-electron chi connectivity index (χ0n) is 42.5. The van der Waals surface area contributed by atoms with E-state index in [4.69, 9.17) is 14.2 Å². The van der Waals surface area contributed by atoms with Gasteiger partial charge in [-0.2, -0.15) is 0 Å². The first-order valence-electron chi connectivity index (χ1n) is 27.1. The molecule has 0 saturated carbocycles. The van der Waals surface area contributed by atoms with Crippen molar-refractivity contribution in [2.24, 2.45) is 0 Å². The third-order valence-corrected chi connectivity index (χ3v) is 11.4. The van der Waals surface area contributed by atoms with Crippen molar-refractivity contribution in [2.45, 2.75) is 258 Å². The zero-order chi connectivity index (χ0) is 47.2. The number of allylic oxidation sites excluding steroid dienone is 14. The number of hydrogen-bond acceptors (Lipinski definition) is 6. The number of carbonyl (C=O) groups excluding carboxylic acids is 3. The summed E-state index contributed by atoms with van der Waals surface area (Å²) in [5.74, 6) is -0.932. The topological polar surface area (TPSA) is 78.9 Å². The van der Waals surface area contributed by atoms with Crippen LogP contribution in [0.2, 0.25) is 0 Å². The summed E-state index contributed by atoms with van der Waals surface area (Å²) in [5, 5.41) is 0. The van der Waals surface area contributed by atoms with E-state index in [1.807, 2.05) is 0 Å². The predicted molar refractivity (Wildman–Crippen MR) is 279 cm³/mol. The molecular weight excluding hydrogens is 805 g/mol. The van der Waals surface area contributed by atoms with Crippen molar-refractivity contribution in [3.05, 3.63) is 85.1 Å². The van der Waals surface area contributed by atoms with Gasteiger partial charge in [-0.25, -0.2) is 0 Å². The summed E-state index contributed by atoms with van der Waals surface area (Å²) in [4.78, 5) is 38.1. The van der Waals surface area contributed by atoms with Gasteiger partial charge in [-0.3, -0.25) is 14.4 Å². The molecule has 1 unspecified atom stereocenters.